The topological polar surface area (TPSA) is 29.3 Å². The molecule has 0 radical (unpaired) electrons. The van der Waals surface area contributed by atoms with Crippen LogP contribution >= 0.6 is 0 Å². The SMILES string of the molecule is CC1CCc2ccccc2N1CCCCN. The minimum atomic E-state index is 0.674. The minimum absolute atomic E-state index is 0.674. The molecule has 0 fully saturated rings. The third kappa shape index (κ3) is 2.38. The van der Waals surface area contributed by atoms with Crippen molar-refractivity contribution in [3.05, 3.63) is 29.8 Å². The molecule has 1 aliphatic heterocycles. The molecular formula is C14H22N2. The third-order valence-corrected chi connectivity index (χ3v) is 3.52. The molecule has 0 saturated heterocycles. The normalized spacial score (nSPS) is 19.6. The summed E-state index contributed by atoms with van der Waals surface area (Å²) in [5.74, 6) is 0. The molecule has 2 N–H and O–H groups in total. The van der Waals surface area contributed by atoms with E-state index in [2.05, 4.69) is 36.1 Å². The third-order valence-electron chi connectivity index (χ3n) is 3.52. The number of aryl methyl sites for hydroxylation is 1. The second kappa shape index (κ2) is 5.35. The standard InChI is InChI=1S/C14H22N2/c1-12-8-9-13-6-2-3-7-14(13)16(12)11-5-4-10-15/h2-3,6-7,12H,4-5,8-11,15H2,1H3. The Labute approximate surface area is 98.4 Å². The first-order valence-electron chi connectivity index (χ1n) is 6.37. The quantitative estimate of drug-likeness (QED) is 0.787. The van der Waals surface area contributed by atoms with E-state index in [-0.39, 0.29) is 0 Å². The van der Waals surface area contributed by atoms with Crippen molar-refractivity contribution >= 4 is 5.69 Å². The molecule has 0 amide bonds. The van der Waals surface area contributed by atoms with Gasteiger partial charge in [-0.05, 0) is 50.8 Å². The van der Waals surface area contributed by atoms with Crippen LogP contribution in [0.1, 0.15) is 31.7 Å². The second-order valence-corrected chi connectivity index (χ2v) is 4.71. The maximum Gasteiger partial charge on any atom is 0.0401 e. The monoisotopic (exact) mass is 218 g/mol. The van der Waals surface area contributed by atoms with Gasteiger partial charge in [0.1, 0.15) is 0 Å². The van der Waals surface area contributed by atoms with Crippen LogP contribution in [0.3, 0.4) is 0 Å². The largest absolute Gasteiger partial charge is 0.369 e. The van der Waals surface area contributed by atoms with Crippen molar-refractivity contribution in [2.75, 3.05) is 18.0 Å². The van der Waals surface area contributed by atoms with E-state index >= 15 is 0 Å². The average Bonchev–Trinajstić information content (AvgIpc) is 2.32. The van der Waals surface area contributed by atoms with E-state index in [1.54, 1.807) is 0 Å². The lowest BCUT2D eigenvalue weighted by Gasteiger charge is -2.37. The Morgan fingerprint density at radius 3 is 2.94 bits per heavy atom. The van der Waals surface area contributed by atoms with Gasteiger partial charge in [0.15, 0.2) is 0 Å². The summed E-state index contributed by atoms with van der Waals surface area (Å²) in [5, 5.41) is 0. The highest BCUT2D eigenvalue weighted by Crippen LogP contribution is 2.30. The maximum absolute atomic E-state index is 5.55. The highest BCUT2D eigenvalue weighted by Gasteiger charge is 2.21. The van der Waals surface area contributed by atoms with Crippen molar-refractivity contribution in [1.29, 1.82) is 0 Å². The van der Waals surface area contributed by atoms with Gasteiger partial charge >= 0.3 is 0 Å². The highest BCUT2D eigenvalue weighted by molar-refractivity contribution is 5.56. The van der Waals surface area contributed by atoms with E-state index in [0.29, 0.717) is 6.04 Å². The van der Waals surface area contributed by atoms with E-state index in [1.165, 1.54) is 30.5 Å². The van der Waals surface area contributed by atoms with Crippen molar-refractivity contribution < 1.29 is 0 Å². The first kappa shape index (κ1) is 11.5. The number of benzene rings is 1. The van der Waals surface area contributed by atoms with E-state index in [9.17, 15) is 0 Å². The van der Waals surface area contributed by atoms with Gasteiger partial charge in [0, 0.05) is 18.3 Å². The molecule has 0 spiro atoms. The predicted molar refractivity (Wildman–Crippen MR) is 69.9 cm³/mol. The summed E-state index contributed by atoms with van der Waals surface area (Å²) in [6.07, 6.45) is 4.84. The molecular weight excluding hydrogens is 196 g/mol. The Morgan fingerprint density at radius 1 is 1.31 bits per heavy atom. The molecule has 1 heterocycles. The number of unbranched alkanes of at least 4 members (excludes halogenated alkanes) is 1. The summed E-state index contributed by atoms with van der Waals surface area (Å²) in [6.45, 7) is 4.29. The van der Waals surface area contributed by atoms with Gasteiger partial charge in [-0.3, -0.25) is 0 Å². The van der Waals surface area contributed by atoms with Gasteiger partial charge in [0.05, 0.1) is 0 Å². The summed E-state index contributed by atoms with van der Waals surface area (Å²) in [6, 6.07) is 9.48. The van der Waals surface area contributed by atoms with Crippen molar-refractivity contribution in [3.63, 3.8) is 0 Å². The molecule has 16 heavy (non-hydrogen) atoms. The van der Waals surface area contributed by atoms with Crippen molar-refractivity contribution in [2.45, 2.75) is 38.6 Å². The number of para-hydroxylation sites is 1. The summed E-state index contributed by atoms with van der Waals surface area (Å²) in [5.41, 5.74) is 8.51. The highest BCUT2D eigenvalue weighted by atomic mass is 15.2. The zero-order chi connectivity index (χ0) is 11.4. The number of nitrogens with zero attached hydrogens (tertiary/aromatic N) is 1. The lowest BCUT2D eigenvalue weighted by Crippen LogP contribution is -2.38. The molecule has 2 nitrogen and oxygen atoms in total. The Bertz CT molecular complexity index is 335. The first-order chi connectivity index (χ1) is 7.83. The smallest absolute Gasteiger partial charge is 0.0401 e. The molecule has 88 valence electrons. The van der Waals surface area contributed by atoms with Gasteiger partial charge in [0.2, 0.25) is 0 Å². The molecule has 1 aliphatic rings. The van der Waals surface area contributed by atoms with Gasteiger partial charge < -0.3 is 10.6 Å². The van der Waals surface area contributed by atoms with E-state index in [0.717, 1.165) is 19.5 Å². The summed E-state index contributed by atoms with van der Waals surface area (Å²) < 4.78 is 0. The van der Waals surface area contributed by atoms with Crippen LogP contribution in [0.4, 0.5) is 5.69 Å². The number of anilines is 1. The average molecular weight is 218 g/mol. The fourth-order valence-electron chi connectivity index (χ4n) is 2.53. The second-order valence-electron chi connectivity index (χ2n) is 4.71. The van der Waals surface area contributed by atoms with E-state index < -0.39 is 0 Å². The Morgan fingerprint density at radius 2 is 2.12 bits per heavy atom. The number of nitrogens with two attached hydrogens (primary N) is 1. The number of fused-ring (bicyclic) bond motifs is 1. The fourth-order valence-corrected chi connectivity index (χ4v) is 2.53. The van der Waals surface area contributed by atoms with Gasteiger partial charge in [0.25, 0.3) is 0 Å². The molecule has 0 aromatic heterocycles. The molecule has 1 aromatic rings. The Kier molecular flexibility index (Phi) is 3.83. The van der Waals surface area contributed by atoms with Crippen LogP contribution in [0.5, 0.6) is 0 Å². The van der Waals surface area contributed by atoms with Gasteiger partial charge in [-0.15, -0.1) is 0 Å². The van der Waals surface area contributed by atoms with Gasteiger partial charge in [-0.1, -0.05) is 18.2 Å². The zero-order valence-corrected chi connectivity index (χ0v) is 10.2. The molecule has 1 unspecified atom stereocenters. The van der Waals surface area contributed by atoms with Gasteiger partial charge in [-0.2, -0.15) is 0 Å². The van der Waals surface area contributed by atoms with E-state index in [1.807, 2.05) is 0 Å². The number of hydrogen-bond acceptors (Lipinski definition) is 2. The molecule has 0 aliphatic carbocycles. The van der Waals surface area contributed by atoms with Crippen molar-refractivity contribution in [1.82, 2.24) is 0 Å². The lowest BCUT2D eigenvalue weighted by atomic mass is 9.96. The summed E-state index contributed by atoms with van der Waals surface area (Å²) in [7, 11) is 0. The van der Waals surface area contributed by atoms with Crippen LogP contribution in [0.2, 0.25) is 0 Å². The number of hydrogen-bond donors (Lipinski definition) is 1. The molecule has 0 saturated carbocycles. The first-order valence-corrected chi connectivity index (χ1v) is 6.37. The molecule has 0 bridgehead atoms. The van der Waals surface area contributed by atoms with E-state index in [4.69, 9.17) is 5.73 Å². The van der Waals surface area contributed by atoms with Crippen molar-refractivity contribution in [3.8, 4) is 0 Å². The van der Waals surface area contributed by atoms with Crippen LogP contribution in [0.15, 0.2) is 24.3 Å². The summed E-state index contributed by atoms with van der Waals surface area (Å²) >= 11 is 0. The van der Waals surface area contributed by atoms with Crippen molar-refractivity contribution in [2.24, 2.45) is 5.73 Å². The predicted octanol–water partition coefficient (Wildman–Crippen LogP) is 2.57. The summed E-state index contributed by atoms with van der Waals surface area (Å²) in [4.78, 5) is 2.55. The number of rotatable bonds is 4. The Hall–Kier alpha value is -1.02. The lowest BCUT2D eigenvalue weighted by molar-refractivity contribution is 0.546. The fraction of sp³-hybridized carbons (Fsp3) is 0.571. The Balaban J connectivity index is 2.10. The minimum Gasteiger partial charge on any atom is -0.369 e. The van der Waals surface area contributed by atoms with Crippen LogP contribution in [-0.4, -0.2) is 19.1 Å². The molecule has 1 aromatic carbocycles. The van der Waals surface area contributed by atoms with Crippen LogP contribution < -0.4 is 10.6 Å². The maximum atomic E-state index is 5.55. The van der Waals surface area contributed by atoms with Crippen LogP contribution in [0.25, 0.3) is 0 Å². The zero-order valence-electron chi connectivity index (χ0n) is 10.2. The molecule has 1 atom stereocenters. The van der Waals surface area contributed by atoms with Gasteiger partial charge in [-0.25, -0.2) is 0 Å². The van der Waals surface area contributed by atoms with Crippen LogP contribution in [-0.2, 0) is 6.42 Å². The van der Waals surface area contributed by atoms with Crippen LogP contribution in [0, 0.1) is 0 Å². The molecule has 2 heteroatoms. The molecule has 2 rings (SSSR count).